The maximum atomic E-state index is 11.7. The Morgan fingerprint density at radius 2 is 1.62 bits per heavy atom. The fourth-order valence-electron chi connectivity index (χ4n) is 1.70. The van der Waals surface area contributed by atoms with Crippen LogP contribution in [0.2, 0.25) is 0 Å². The van der Waals surface area contributed by atoms with E-state index in [-0.39, 0.29) is 12.4 Å². The predicted molar refractivity (Wildman–Crippen MR) is 77.1 cm³/mol. The van der Waals surface area contributed by atoms with Gasteiger partial charge in [-0.15, -0.1) is 0 Å². The van der Waals surface area contributed by atoms with Crippen LogP contribution in [-0.4, -0.2) is 18.5 Å². The number of ketones is 1. The molecule has 2 aromatic rings. The summed E-state index contributed by atoms with van der Waals surface area (Å²) in [5.41, 5.74) is 6.30. The Labute approximate surface area is 122 Å². The molecule has 1 amide bonds. The molecular formula is C16H15NO4. The van der Waals surface area contributed by atoms with Crippen LogP contribution in [-0.2, 0) is 11.3 Å². The maximum absolute atomic E-state index is 11.7. The van der Waals surface area contributed by atoms with Crippen molar-refractivity contribution in [1.29, 1.82) is 0 Å². The average molecular weight is 285 g/mol. The third kappa shape index (κ3) is 4.65. The summed E-state index contributed by atoms with van der Waals surface area (Å²) in [6.07, 6.45) is -0.967. The van der Waals surface area contributed by atoms with Gasteiger partial charge in [0.15, 0.2) is 12.4 Å². The average Bonchev–Trinajstić information content (AvgIpc) is 2.52. The van der Waals surface area contributed by atoms with Crippen LogP contribution >= 0.6 is 0 Å². The molecule has 2 aromatic carbocycles. The summed E-state index contributed by atoms with van der Waals surface area (Å²) in [4.78, 5) is 22.1. The van der Waals surface area contributed by atoms with Crippen molar-refractivity contribution >= 4 is 11.9 Å². The highest BCUT2D eigenvalue weighted by atomic mass is 16.5. The Bertz CT molecular complexity index is 608. The van der Waals surface area contributed by atoms with Crippen molar-refractivity contribution in [1.82, 2.24) is 0 Å². The van der Waals surface area contributed by atoms with E-state index in [1.165, 1.54) is 0 Å². The first-order chi connectivity index (χ1) is 10.1. The van der Waals surface area contributed by atoms with E-state index in [0.29, 0.717) is 17.9 Å². The van der Waals surface area contributed by atoms with Crippen molar-refractivity contribution in [3.8, 4) is 5.75 Å². The maximum Gasteiger partial charge on any atom is 0.404 e. The molecule has 2 N–H and O–H groups in total. The van der Waals surface area contributed by atoms with Gasteiger partial charge in [-0.25, -0.2) is 4.79 Å². The number of amides is 1. The Balaban J connectivity index is 1.89. The van der Waals surface area contributed by atoms with Crippen molar-refractivity contribution in [3.05, 3.63) is 65.7 Å². The van der Waals surface area contributed by atoms with E-state index >= 15 is 0 Å². The quantitative estimate of drug-likeness (QED) is 0.827. The Morgan fingerprint density at radius 3 is 2.24 bits per heavy atom. The molecule has 108 valence electrons. The summed E-state index contributed by atoms with van der Waals surface area (Å²) in [6, 6.07) is 16.4. The first kappa shape index (κ1) is 14.6. The van der Waals surface area contributed by atoms with Crippen LogP contribution in [0.4, 0.5) is 4.79 Å². The van der Waals surface area contributed by atoms with Crippen LogP contribution in [0.3, 0.4) is 0 Å². The number of rotatable bonds is 6. The lowest BCUT2D eigenvalue weighted by atomic mass is 10.1. The molecule has 0 aliphatic rings. The highest BCUT2D eigenvalue weighted by Crippen LogP contribution is 2.14. The summed E-state index contributed by atoms with van der Waals surface area (Å²) in [7, 11) is 0. The topological polar surface area (TPSA) is 78.6 Å². The van der Waals surface area contributed by atoms with Gasteiger partial charge in [0.1, 0.15) is 12.4 Å². The first-order valence-electron chi connectivity index (χ1n) is 6.37. The largest absolute Gasteiger partial charge is 0.489 e. The van der Waals surface area contributed by atoms with E-state index in [9.17, 15) is 9.59 Å². The molecule has 0 spiro atoms. The molecule has 0 bridgehead atoms. The number of benzene rings is 2. The lowest BCUT2D eigenvalue weighted by Crippen LogP contribution is -2.18. The second-order valence-corrected chi connectivity index (χ2v) is 4.33. The van der Waals surface area contributed by atoms with Crippen molar-refractivity contribution < 1.29 is 19.1 Å². The zero-order valence-corrected chi connectivity index (χ0v) is 11.3. The number of primary amides is 1. The van der Waals surface area contributed by atoms with E-state index in [1.54, 1.807) is 24.3 Å². The second kappa shape index (κ2) is 7.09. The fraction of sp³-hybridized carbons (Fsp3) is 0.125. The first-order valence-corrected chi connectivity index (χ1v) is 6.37. The predicted octanol–water partition coefficient (Wildman–Crippen LogP) is 2.54. The molecule has 0 atom stereocenters. The standard InChI is InChI=1S/C16H15NO4/c17-16(19)21-11-15(18)13-6-8-14(9-7-13)20-10-12-4-2-1-3-5-12/h1-9H,10-11H2,(H2,17,19). The van der Waals surface area contributed by atoms with Crippen molar-refractivity contribution in [2.45, 2.75) is 6.61 Å². The van der Waals surface area contributed by atoms with E-state index in [2.05, 4.69) is 4.74 Å². The van der Waals surface area contributed by atoms with Crippen LogP contribution in [0.15, 0.2) is 54.6 Å². The minimum atomic E-state index is -0.967. The van der Waals surface area contributed by atoms with Gasteiger partial charge in [0, 0.05) is 5.56 Å². The SMILES string of the molecule is NC(=O)OCC(=O)c1ccc(OCc2ccccc2)cc1. The van der Waals surface area contributed by atoms with Gasteiger partial charge in [-0.2, -0.15) is 0 Å². The van der Waals surface area contributed by atoms with Crippen molar-refractivity contribution in [2.24, 2.45) is 5.73 Å². The lowest BCUT2D eigenvalue weighted by Gasteiger charge is -2.07. The van der Waals surface area contributed by atoms with Gasteiger partial charge in [-0.05, 0) is 29.8 Å². The minimum Gasteiger partial charge on any atom is -0.489 e. The summed E-state index contributed by atoms with van der Waals surface area (Å²) < 4.78 is 10.1. The Kier molecular flexibility index (Phi) is 4.93. The monoisotopic (exact) mass is 285 g/mol. The fourth-order valence-corrected chi connectivity index (χ4v) is 1.70. The smallest absolute Gasteiger partial charge is 0.404 e. The van der Waals surface area contributed by atoms with Crippen LogP contribution in [0.1, 0.15) is 15.9 Å². The summed E-state index contributed by atoms with van der Waals surface area (Å²) in [6.45, 7) is 0.0957. The molecule has 0 aliphatic carbocycles. The third-order valence-corrected chi connectivity index (χ3v) is 2.77. The summed E-state index contributed by atoms with van der Waals surface area (Å²) >= 11 is 0. The normalized spacial score (nSPS) is 9.90. The van der Waals surface area contributed by atoms with Gasteiger partial charge >= 0.3 is 6.09 Å². The van der Waals surface area contributed by atoms with Crippen molar-refractivity contribution in [2.75, 3.05) is 6.61 Å². The van der Waals surface area contributed by atoms with Crippen LogP contribution in [0.5, 0.6) is 5.75 Å². The van der Waals surface area contributed by atoms with E-state index in [1.807, 2.05) is 30.3 Å². The zero-order chi connectivity index (χ0) is 15.1. The van der Waals surface area contributed by atoms with Gasteiger partial charge in [0.05, 0.1) is 0 Å². The number of Topliss-reactive ketones (excluding diaryl/α,β-unsaturated/α-hetero) is 1. The molecule has 5 nitrogen and oxygen atoms in total. The van der Waals surface area contributed by atoms with Crippen molar-refractivity contribution in [3.63, 3.8) is 0 Å². The molecule has 2 rings (SSSR count). The van der Waals surface area contributed by atoms with Crippen LogP contribution in [0.25, 0.3) is 0 Å². The third-order valence-electron chi connectivity index (χ3n) is 2.77. The number of carbonyl (C=O) groups is 2. The zero-order valence-electron chi connectivity index (χ0n) is 11.3. The second-order valence-electron chi connectivity index (χ2n) is 4.33. The molecule has 5 heteroatoms. The molecule has 0 unspecified atom stereocenters. The van der Waals surface area contributed by atoms with E-state index < -0.39 is 6.09 Å². The number of hydrogen-bond donors (Lipinski definition) is 1. The molecule has 0 radical (unpaired) electrons. The minimum absolute atomic E-state index is 0.316. The molecular weight excluding hydrogens is 270 g/mol. The van der Waals surface area contributed by atoms with Gasteiger partial charge in [-0.3, -0.25) is 4.79 Å². The molecule has 21 heavy (non-hydrogen) atoms. The van der Waals surface area contributed by atoms with E-state index in [0.717, 1.165) is 5.56 Å². The molecule has 0 saturated carbocycles. The van der Waals surface area contributed by atoms with Crippen LogP contribution in [0, 0.1) is 0 Å². The highest BCUT2D eigenvalue weighted by Gasteiger charge is 2.08. The Morgan fingerprint density at radius 1 is 0.952 bits per heavy atom. The molecule has 0 heterocycles. The van der Waals surface area contributed by atoms with Gasteiger partial charge in [-0.1, -0.05) is 30.3 Å². The number of ether oxygens (including phenoxy) is 2. The Hall–Kier alpha value is -2.82. The van der Waals surface area contributed by atoms with Gasteiger partial charge < -0.3 is 15.2 Å². The molecule has 0 aliphatic heterocycles. The molecule has 0 fully saturated rings. The lowest BCUT2D eigenvalue weighted by molar-refractivity contribution is 0.0857. The van der Waals surface area contributed by atoms with E-state index in [4.69, 9.17) is 10.5 Å². The van der Waals surface area contributed by atoms with Gasteiger partial charge in [0.2, 0.25) is 0 Å². The molecule has 0 saturated heterocycles. The summed E-state index contributed by atoms with van der Waals surface area (Å²) in [5, 5.41) is 0. The molecule has 0 aromatic heterocycles. The number of carbonyl (C=O) groups excluding carboxylic acids is 2. The van der Waals surface area contributed by atoms with Gasteiger partial charge in [0.25, 0.3) is 0 Å². The number of hydrogen-bond acceptors (Lipinski definition) is 4. The van der Waals surface area contributed by atoms with Crippen LogP contribution < -0.4 is 10.5 Å². The number of nitrogens with two attached hydrogens (primary N) is 1. The highest BCUT2D eigenvalue weighted by molar-refractivity contribution is 5.97. The summed E-state index contributed by atoms with van der Waals surface area (Å²) in [5.74, 6) is 0.342.